The van der Waals surface area contributed by atoms with Crippen molar-refractivity contribution in [1.82, 2.24) is 10.6 Å². The van der Waals surface area contributed by atoms with Gasteiger partial charge in [0.25, 0.3) is 0 Å². The Balaban J connectivity index is 0.00000256. The predicted octanol–water partition coefficient (Wildman–Crippen LogP) is -0.536. The molecule has 0 bridgehead atoms. The van der Waals surface area contributed by atoms with Crippen molar-refractivity contribution in [2.45, 2.75) is 25.4 Å². The van der Waals surface area contributed by atoms with Crippen molar-refractivity contribution in [2.75, 3.05) is 26.9 Å². The van der Waals surface area contributed by atoms with E-state index >= 15 is 0 Å². The molecule has 7 heteroatoms. The van der Waals surface area contributed by atoms with Crippen molar-refractivity contribution in [2.24, 2.45) is 0 Å². The summed E-state index contributed by atoms with van der Waals surface area (Å²) in [6, 6.07) is -0.558. The molecule has 0 aliphatic carbocycles. The summed E-state index contributed by atoms with van der Waals surface area (Å²) in [5.74, 6) is -0.475. The first kappa shape index (κ1) is 16.1. The first-order chi connectivity index (χ1) is 7.63. The summed E-state index contributed by atoms with van der Waals surface area (Å²) in [6.45, 7) is 3.43. The molecule has 0 aromatic carbocycles. The third kappa shape index (κ3) is 5.86. The standard InChI is InChI=1S/C10H18N2O4.ClH/c1-7(5-9(13)15-2)12-10(14)8-6-16-4-3-11-8;/h7-8,11H,3-6H2,1-2H3,(H,12,14);1H. The number of nitrogens with one attached hydrogen (secondary N) is 2. The monoisotopic (exact) mass is 266 g/mol. The van der Waals surface area contributed by atoms with E-state index in [-0.39, 0.29) is 42.8 Å². The maximum absolute atomic E-state index is 11.7. The molecule has 1 aliphatic heterocycles. The molecule has 1 aliphatic rings. The van der Waals surface area contributed by atoms with E-state index in [0.717, 1.165) is 0 Å². The summed E-state index contributed by atoms with van der Waals surface area (Å²) in [4.78, 5) is 22.6. The van der Waals surface area contributed by atoms with Crippen LogP contribution < -0.4 is 10.6 Å². The van der Waals surface area contributed by atoms with Gasteiger partial charge in [-0.3, -0.25) is 9.59 Å². The van der Waals surface area contributed by atoms with E-state index in [1.165, 1.54) is 7.11 Å². The number of methoxy groups -OCH3 is 1. The molecule has 1 amide bonds. The largest absolute Gasteiger partial charge is 0.469 e. The van der Waals surface area contributed by atoms with Crippen molar-refractivity contribution in [3.63, 3.8) is 0 Å². The van der Waals surface area contributed by atoms with Gasteiger partial charge in [0, 0.05) is 12.6 Å². The van der Waals surface area contributed by atoms with E-state index in [1.54, 1.807) is 6.92 Å². The van der Waals surface area contributed by atoms with E-state index in [0.29, 0.717) is 19.8 Å². The summed E-state index contributed by atoms with van der Waals surface area (Å²) >= 11 is 0. The minimum atomic E-state index is -0.333. The summed E-state index contributed by atoms with van der Waals surface area (Å²) in [5.41, 5.74) is 0. The van der Waals surface area contributed by atoms with Crippen LogP contribution in [0.2, 0.25) is 0 Å². The number of morpholine rings is 1. The van der Waals surface area contributed by atoms with Crippen LogP contribution in [0.25, 0.3) is 0 Å². The molecule has 0 radical (unpaired) electrons. The van der Waals surface area contributed by atoms with Crippen LogP contribution in [0.4, 0.5) is 0 Å². The fourth-order valence-electron chi connectivity index (χ4n) is 1.46. The Morgan fingerprint density at radius 1 is 1.59 bits per heavy atom. The van der Waals surface area contributed by atoms with Crippen molar-refractivity contribution >= 4 is 24.3 Å². The topological polar surface area (TPSA) is 76.7 Å². The highest BCUT2D eigenvalue weighted by Crippen LogP contribution is 1.97. The molecule has 1 rings (SSSR count). The quantitative estimate of drug-likeness (QED) is 0.669. The van der Waals surface area contributed by atoms with Crippen LogP contribution >= 0.6 is 12.4 Å². The first-order valence-corrected chi connectivity index (χ1v) is 5.31. The van der Waals surface area contributed by atoms with Crippen LogP contribution in [0.15, 0.2) is 0 Å². The van der Waals surface area contributed by atoms with E-state index in [1.807, 2.05) is 0 Å². The second-order valence-electron chi connectivity index (χ2n) is 3.77. The fraction of sp³-hybridized carbons (Fsp3) is 0.800. The van der Waals surface area contributed by atoms with Crippen molar-refractivity contribution in [3.8, 4) is 0 Å². The molecule has 2 N–H and O–H groups in total. The normalized spacial score (nSPS) is 20.9. The lowest BCUT2D eigenvalue weighted by Gasteiger charge is -2.24. The zero-order valence-corrected chi connectivity index (χ0v) is 10.8. The van der Waals surface area contributed by atoms with Gasteiger partial charge in [0.2, 0.25) is 5.91 Å². The molecular weight excluding hydrogens is 248 g/mol. The maximum atomic E-state index is 11.7. The second kappa shape index (κ2) is 8.27. The van der Waals surface area contributed by atoms with Crippen LogP contribution in [-0.2, 0) is 19.1 Å². The molecule has 0 saturated carbocycles. The van der Waals surface area contributed by atoms with Gasteiger partial charge in [0.1, 0.15) is 6.04 Å². The first-order valence-electron chi connectivity index (χ1n) is 5.31. The average Bonchev–Trinajstić information content (AvgIpc) is 2.29. The minimum Gasteiger partial charge on any atom is -0.469 e. The molecule has 1 fully saturated rings. The van der Waals surface area contributed by atoms with Gasteiger partial charge < -0.3 is 20.1 Å². The van der Waals surface area contributed by atoms with Crippen LogP contribution in [0.5, 0.6) is 0 Å². The Morgan fingerprint density at radius 2 is 2.29 bits per heavy atom. The van der Waals surface area contributed by atoms with E-state index < -0.39 is 0 Å². The zero-order chi connectivity index (χ0) is 12.0. The number of amides is 1. The Morgan fingerprint density at radius 3 is 2.82 bits per heavy atom. The van der Waals surface area contributed by atoms with Gasteiger partial charge in [-0.2, -0.15) is 0 Å². The van der Waals surface area contributed by atoms with Gasteiger partial charge in [-0.15, -0.1) is 12.4 Å². The zero-order valence-electron chi connectivity index (χ0n) is 10.0. The number of ether oxygens (including phenoxy) is 2. The van der Waals surface area contributed by atoms with E-state index in [2.05, 4.69) is 15.4 Å². The van der Waals surface area contributed by atoms with Gasteiger partial charge in [0.15, 0.2) is 0 Å². The molecular formula is C10H19ClN2O4. The van der Waals surface area contributed by atoms with Gasteiger partial charge >= 0.3 is 5.97 Å². The number of hydrogen-bond acceptors (Lipinski definition) is 5. The van der Waals surface area contributed by atoms with Crippen molar-refractivity contribution in [1.29, 1.82) is 0 Å². The molecule has 6 nitrogen and oxygen atoms in total. The van der Waals surface area contributed by atoms with Crippen LogP contribution in [0, 0.1) is 0 Å². The summed E-state index contributed by atoms with van der Waals surface area (Å²) in [5, 5.41) is 5.77. The second-order valence-corrected chi connectivity index (χ2v) is 3.77. The molecule has 17 heavy (non-hydrogen) atoms. The summed E-state index contributed by atoms with van der Waals surface area (Å²) in [6.07, 6.45) is 0.176. The lowest BCUT2D eigenvalue weighted by atomic mass is 10.2. The minimum absolute atomic E-state index is 0. The third-order valence-electron chi connectivity index (χ3n) is 2.33. The molecule has 100 valence electrons. The number of carbonyl (C=O) groups excluding carboxylic acids is 2. The Labute approximate surface area is 107 Å². The number of esters is 1. The van der Waals surface area contributed by atoms with Crippen LogP contribution in [-0.4, -0.2) is 50.8 Å². The number of halogens is 1. The van der Waals surface area contributed by atoms with Crippen molar-refractivity contribution < 1.29 is 19.1 Å². The van der Waals surface area contributed by atoms with Crippen molar-refractivity contribution in [3.05, 3.63) is 0 Å². The summed E-state index contributed by atoms with van der Waals surface area (Å²) < 4.78 is 9.69. The highest BCUT2D eigenvalue weighted by Gasteiger charge is 2.22. The highest BCUT2D eigenvalue weighted by molar-refractivity contribution is 5.85. The summed E-state index contributed by atoms with van der Waals surface area (Å²) in [7, 11) is 1.33. The smallest absolute Gasteiger partial charge is 0.307 e. The maximum Gasteiger partial charge on any atom is 0.307 e. The average molecular weight is 267 g/mol. The predicted molar refractivity (Wildman–Crippen MR) is 64.1 cm³/mol. The highest BCUT2D eigenvalue weighted by atomic mass is 35.5. The molecule has 0 aromatic heterocycles. The van der Waals surface area contributed by atoms with E-state index in [9.17, 15) is 9.59 Å². The fourth-order valence-corrected chi connectivity index (χ4v) is 1.46. The van der Waals surface area contributed by atoms with Gasteiger partial charge in [-0.1, -0.05) is 0 Å². The van der Waals surface area contributed by atoms with Crippen LogP contribution in [0.1, 0.15) is 13.3 Å². The third-order valence-corrected chi connectivity index (χ3v) is 2.33. The Hall–Kier alpha value is -0.850. The Kier molecular flexibility index (Phi) is 7.86. The lowest BCUT2D eigenvalue weighted by molar-refractivity contribution is -0.141. The lowest BCUT2D eigenvalue weighted by Crippen LogP contribution is -2.53. The molecule has 2 atom stereocenters. The molecule has 1 saturated heterocycles. The molecule has 0 aromatic rings. The molecule has 1 heterocycles. The van der Waals surface area contributed by atoms with Gasteiger partial charge in [-0.05, 0) is 6.92 Å². The van der Waals surface area contributed by atoms with Gasteiger partial charge in [0.05, 0.1) is 26.7 Å². The number of rotatable bonds is 4. The van der Waals surface area contributed by atoms with E-state index in [4.69, 9.17) is 4.74 Å². The SMILES string of the molecule is COC(=O)CC(C)NC(=O)C1COCCN1.Cl. The molecule has 2 unspecified atom stereocenters. The number of hydrogen-bond donors (Lipinski definition) is 2. The van der Waals surface area contributed by atoms with Gasteiger partial charge in [-0.25, -0.2) is 0 Å². The Bertz CT molecular complexity index is 257. The van der Waals surface area contributed by atoms with Crippen LogP contribution in [0.3, 0.4) is 0 Å². The number of carbonyl (C=O) groups is 2. The molecule has 0 spiro atoms.